The molecular weight excluding hydrogens is 620 g/mol. The number of carbonyl (C=O) groups excluding carboxylic acids is 2. The second kappa shape index (κ2) is 15.1. The van der Waals surface area contributed by atoms with Gasteiger partial charge in [-0.1, -0.05) is 41.4 Å². The van der Waals surface area contributed by atoms with Crippen LogP contribution in [0.4, 0.5) is 11.4 Å². The van der Waals surface area contributed by atoms with E-state index in [9.17, 15) is 18.0 Å². The molecule has 0 bridgehead atoms. The highest BCUT2D eigenvalue weighted by atomic mass is 35.5. The van der Waals surface area contributed by atoms with Crippen molar-refractivity contribution in [3.63, 3.8) is 0 Å². The summed E-state index contributed by atoms with van der Waals surface area (Å²) in [5.74, 6) is 0.293. The maximum atomic E-state index is 13.6. The number of nitrogens with zero attached hydrogens (tertiary/aromatic N) is 2. The van der Waals surface area contributed by atoms with E-state index in [1.807, 2.05) is 6.92 Å². The second-order valence-electron chi connectivity index (χ2n) is 9.54. The number of methoxy groups -OCH3 is 2. The van der Waals surface area contributed by atoms with E-state index in [0.717, 1.165) is 9.87 Å². The van der Waals surface area contributed by atoms with Crippen molar-refractivity contribution in [3.05, 3.63) is 107 Å². The molecule has 0 aliphatic carbocycles. The predicted molar refractivity (Wildman–Crippen MR) is 173 cm³/mol. The van der Waals surface area contributed by atoms with Gasteiger partial charge in [0.1, 0.15) is 23.8 Å². The summed E-state index contributed by atoms with van der Waals surface area (Å²) in [4.78, 5) is 25.2. The van der Waals surface area contributed by atoms with Crippen LogP contribution in [0.25, 0.3) is 0 Å². The Morgan fingerprint density at radius 1 is 0.889 bits per heavy atom. The van der Waals surface area contributed by atoms with E-state index in [4.69, 9.17) is 25.8 Å². The fraction of sp³-hybridized carbons (Fsp3) is 0.156. The van der Waals surface area contributed by atoms with Gasteiger partial charge in [0.15, 0.2) is 6.61 Å². The lowest BCUT2D eigenvalue weighted by Gasteiger charge is -2.24. The number of nitrogens with one attached hydrogen (secondary N) is 2. The highest BCUT2D eigenvalue weighted by molar-refractivity contribution is 7.92. The van der Waals surface area contributed by atoms with E-state index in [0.29, 0.717) is 28.5 Å². The van der Waals surface area contributed by atoms with Crippen molar-refractivity contribution in [1.29, 1.82) is 0 Å². The Hall–Kier alpha value is -5.07. The lowest BCUT2D eigenvalue weighted by Crippen LogP contribution is -2.39. The summed E-state index contributed by atoms with van der Waals surface area (Å²) in [6, 6.07) is 24.4. The van der Waals surface area contributed by atoms with Gasteiger partial charge < -0.3 is 19.5 Å². The smallest absolute Gasteiger partial charge is 0.264 e. The topological polar surface area (TPSA) is 136 Å². The minimum absolute atomic E-state index is 0.0101. The SMILES string of the molecule is COc1ccc(N(CC(=O)N/N=C/c2ccc(OCC(=O)Nc3ccccc3OC)cc2)S(=O)(=O)c2ccc(C)cc2)cc1Cl. The fourth-order valence-corrected chi connectivity index (χ4v) is 5.71. The van der Waals surface area contributed by atoms with Crippen molar-refractivity contribution < 1.29 is 32.2 Å². The van der Waals surface area contributed by atoms with Crippen LogP contribution in [0.2, 0.25) is 5.02 Å². The number of amides is 2. The van der Waals surface area contributed by atoms with Crippen molar-refractivity contribution >= 4 is 51.0 Å². The lowest BCUT2D eigenvalue weighted by molar-refractivity contribution is -0.119. The summed E-state index contributed by atoms with van der Waals surface area (Å²) < 4.78 is 44.1. The van der Waals surface area contributed by atoms with E-state index >= 15 is 0 Å². The van der Waals surface area contributed by atoms with Gasteiger partial charge in [-0.2, -0.15) is 5.10 Å². The Bertz CT molecular complexity index is 1780. The molecular formula is C32H31ClN4O7S. The minimum Gasteiger partial charge on any atom is -0.495 e. The van der Waals surface area contributed by atoms with Crippen LogP contribution >= 0.6 is 11.6 Å². The van der Waals surface area contributed by atoms with Crippen LogP contribution in [-0.4, -0.2) is 53.8 Å². The fourth-order valence-electron chi connectivity index (χ4n) is 4.04. The zero-order valence-electron chi connectivity index (χ0n) is 24.7. The number of para-hydroxylation sites is 2. The third-order valence-corrected chi connectivity index (χ3v) is 8.44. The van der Waals surface area contributed by atoms with Gasteiger partial charge >= 0.3 is 0 Å². The highest BCUT2D eigenvalue weighted by Crippen LogP contribution is 2.32. The number of sulfonamides is 1. The summed E-state index contributed by atoms with van der Waals surface area (Å²) in [7, 11) is -1.19. The third-order valence-electron chi connectivity index (χ3n) is 6.35. The minimum atomic E-state index is -4.14. The highest BCUT2D eigenvalue weighted by Gasteiger charge is 2.28. The summed E-state index contributed by atoms with van der Waals surface area (Å²) in [6.07, 6.45) is 1.39. The number of ether oxygens (including phenoxy) is 3. The average molecular weight is 651 g/mol. The summed E-state index contributed by atoms with van der Waals surface area (Å²) >= 11 is 6.26. The van der Waals surface area contributed by atoms with E-state index in [1.165, 1.54) is 50.8 Å². The van der Waals surface area contributed by atoms with Gasteiger partial charge in [0.2, 0.25) is 0 Å². The Morgan fingerprint density at radius 3 is 2.24 bits per heavy atom. The molecule has 2 N–H and O–H groups in total. The quantitative estimate of drug-likeness (QED) is 0.153. The van der Waals surface area contributed by atoms with E-state index in [2.05, 4.69) is 15.8 Å². The largest absolute Gasteiger partial charge is 0.495 e. The van der Waals surface area contributed by atoms with Crippen molar-refractivity contribution in [3.8, 4) is 17.2 Å². The zero-order valence-corrected chi connectivity index (χ0v) is 26.3. The van der Waals surface area contributed by atoms with Crippen LogP contribution in [0.1, 0.15) is 11.1 Å². The molecule has 4 aromatic carbocycles. The van der Waals surface area contributed by atoms with Crippen molar-refractivity contribution in [2.75, 3.05) is 37.0 Å². The van der Waals surface area contributed by atoms with Gasteiger partial charge in [-0.25, -0.2) is 13.8 Å². The molecule has 234 valence electrons. The number of aryl methyl sites for hydroxylation is 1. The van der Waals surface area contributed by atoms with Crippen LogP contribution in [0.5, 0.6) is 17.2 Å². The Balaban J connectivity index is 1.38. The number of hydrazone groups is 1. The van der Waals surface area contributed by atoms with Gasteiger partial charge in [0, 0.05) is 0 Å². The summed E-state index contributed by atoms with van der Waals surface area (Å²) in [6.45, 7) is 1.05. The average Bonchev–Trinajstić information content (AvgIpc) is 3.03. The number of anilines is 2. The molecule has 0 fully saturated rings. The van der Waals surface area contributed by atoms with Crippen LogP contribution in [-0.2, 0) is 19.6 Å². The zero-order chi connectivity index (χ0) is 32.4. The molecule has 0 spiro atoms. The van der Waals surface area contributed by atoms with Gasteiger partial charge in [0.05, 0.1) is 41.7 Å². The first kappa shape index (κ1) is 32.8. The number of rotatable bonds is 13. The maximum absolute atomic E-state index is 13.6. The predicted octanol–water partition coefficient (Wildman–Crippen LogP) is 5.03. The molecule has 2 amide bonds. The molecule has 0 aliphatic heterocycles. The Morgan fingerprint density at radius 2 is 1.58 bits per heavy atom. The molecule has 4 aromatic rings. The van der Waals surface area contributed by atoms with Gasteiger partial charge in [-0.3, -0.25) is 13.9 Å². The number of halogens is 1. The standard InChI is InChI=1S/C32H31ClN4O7S/c1-22-8-15-26(16-9-22)45(40,41)37(24-12-17-29(42-2)27(33)18-24)20-31(38)36-34-19-23-10-13-25(14-11-23)44-21-32(39)35-28-6-4-5-7-30(28)43-3/h4-19H,20-21H2,1-3H3,(H,35,39)(H,36,38)/b34-19+. The molecule has 45 heavy (non-hydrogen) atoms. The van der Waals surface area contributed by atoms with E-state index < -0.39 is 22.5 Å². The molecule has 0 aliphatic rings. The van der Waals surface area contributed by atoms with Crippen LogP contribution < -0.4 is 29.3 Å². The number of benzene rings is 4. The Kier molecular flexibility index (Phi) is 11.0. The van der Waals surface area contributed by atoms with Crippen LogP contribution in [0.3, 0.4) is 0 Å². The monoisotopic (exact) mass is 650 g/mol. The molecule has 11 nitrogen and oxygen atoms in total. The first-order chi connectivity index (χ1) is 21.6. The van der Waals surface area contributed by atoms with Gasteiger partial charge in [-0.05, 0) is 79.2 Å². The van der Waals surface area contributed by atoms with E-state index in [1.54, 1.807) is 60.7 Å². The first-order valence-corrected chi connectivity index (χ1v) is 15.3. The molecule has 0 saturated heterocycles. The molecule has 0 heterocycles. The third kappa shape index (κ3) is 8.74. The Labute approximate surface area is 266 Å². The molecule has 0 radical (unpaired) electrons. The number of hydrogen-bond donors (Lipinski definition) is 2. The van der Waals surface area contributed by atoms with Crippen molar-refractivity contribution in [1.82, 2.24) is 5.43 Å². The summed E-state index contributed by atoms with van der Waals surface area (Å²) in [5, 5.41) is 6.87. The lowest BCUT2D eigenvalue weighted by atomic mass is 10.2. The maximum Gasteiger partial charge on any atom is 0.264 e. The second-order valence-corrected chi connectivity index (χ2v) is 11.8. The number of carbonyl (C=O) groups is 2. The van der Waals surface area contributed by atoms with E-state index in [-0.39, 0.29) is 28.1 Å². The normalized spacial score (nSPS) is 11.1. The summed E-state index contributed by atoms with van der Waals surface area (Å²) in [5.41, 5.74) is 4.57. The molecule has 13 heteroatoms. The molecule has 0 saturated carbocycles. The molecule has 0 unspecified atom stereocenters. The van der Waals surface area contributed by atoms with Crippen molar-refractivity contribution in [2.45, 2.75) is 11.8 Å². The number of hydrogen-bond acceptors (Lipinski definition) is 8. The molecule has 0 aromatic heterocycles. The van der Waals surface area contributed by atoms with Crippen LogP contribution in [0, 0.1) is 6.92 Å². The molecule has 4 rings (SSSR count). The molecule has 0 atom stereocenters. The van der Waals surface area contributed by atoms with Gasteiger partial charge in [0.25, 0.3) is 21.8 Å². The van der Waals surface area contributed by atoms with Crippen molar-refractivity contribution in [2.24, 2.45) is 5.10 Å². The first-order valence-electron chi connectivity index (χ1n) is 13.5. The van der Waals surface area contributed by atoms with Gasteiger partial charge in [-0.15, -0.1) is 0 Å². The van der Waals surface area contributed by atoms with Crippen LogP contribution in [0.15, 0.2) is 101 Å².